The normalized spacial score (nSPS) is 14.4. The molecule has 154 valence electrons. The number of ether oxygens (including phenoxy) is 1. The van der Waals surface area contributed by atoms with Crippen LogP contribution in [0.3, 0.4) is 0 Å². The Morgan fingerprint density at radius 2 is 2.03 bits per heavy atom. The average Bonchev–Trinajstić information content (AvgIpc) is 2.75. The van der Waals surface area contributed by atoms with E-state index in [9.17, 15) is 5.26 Å². The van der Waals surface area contributed by atoms with Gasteiger partial charge in [-0.2, -0.15) is 5.26 Å². The number of aromatic nitrogens is 1. The number of hydrogen-bond donors (Lipinski definition) is 2. The number of halogens is 2. The zero-order chi connectivity index (χ0) is 20.9. The molecular formula is C22H21BrClN5O. The summed E-state index contributed by atoms with van der Waals surface area (Å²) >= 11 is 9.76. The van der Waals surface area contributed by atoms with Gasteiger partial charge in [0.25, 0.3) is 0 Å². The fourth-order valence-electron chi connectivity index (χ4n) is 3.47. The lowest BCUT2D eigenvalue weighted by Gasteiger charge is -2.26. The van der Waals surface area contributed by atoms with Crippen molar-refractivity contribution in [3.05, 3.63) is 57.7 Å². The minimum atomic E-state index is 0.472. The van der Waals surface area contributed by atoms with Crippen molar-refractivity contribution in [1.82, 2.24) is 9.88 Å². The molecule has 2 aromatic carbocycles. The topological polar surface area (TPSA) is 73.2 Å². The van der Waals surface area contributed by atoms with Gasteiger partial charge in [-0.1, -0.05) is 17.7 Å². The van der Waals surface area contributed by atoms with Crippen LogP contribution in [0.2, 0.25) is 5.02 Å². The number of nitriles is 1. The minimum Gasteiger partial charge on any atom is -0.384 e. The standard InChI is InChI=1S/C22H21BrClN5O/c23-20-12-18(26-4-5-29-6-8-30-9-7-29)11-19-21(15(13-25)14-27-22(19)20)28-17-3-1-2-16(24)10-17/h1-3,10-12,14,26H,4-9H2,(H,27,28). The first kappa shape index (κ1) is 20.9. The quantitative estimate of drug-likeness (QED) is 0.510. The Morgan fingerprint density at radius 1 is 1.20 bits per heavy atom. The first-order valence-corrected chi connectivity index (χ1v) is 10.9. The van der Waals surface area contributed by atoms with E-state index in [2.05, 4.69) is 42.5 Å². The van der Waals surface area contributed by atoms with Gasteiger partial charge in [-0.05, 0) is 46.3 Å². The van der Waals surface area contributed by atoms with Crippen LogP contribution in [0, 0.1) is 11.3 Å². The van der Waals surface area contributed by atoms with Gasteiger partial charge in [-0.15, -0.1) is 0 Å². The van der Waals surface area contributed by atoms with Crippen molar-refractivity contribution in [3.63, 3.8) is 0 Å². The summed E-state index contributed by atoms with van der Waals surface area (Å²) in [5.74, 6) is 0. The molecule has 1 saturated heterocycles. The molecule has 30 heavy (non-hydrogen) atoms. The summed E-state index contributed by atoms with van der Waals surface area (Å²) in [7, 11) is 0. The van der Waals surface area contributed by atoms with Gasteiger partial charge in [0.2, 0.25) is 0 Å². The Kier molecular flexibility index (Phi) is 6.70. The van der Waals surface area contributed by atoms with Gasteiger partial charge in [-0.3, -0.25) is 9.88 Å². The van der Waals surface area contributed by atoms with E-state index in [4.69, 9.17) is 16.3 Å². The molecule has 1 aromatic heterocycles. The van der Waals surface area contributed by atoms with Crippen LogP contribution in [0.1, 0.15) is 5.56 Å². The molecule has 0 saturated carbocycles. The molecule has 0 unspecified atom stereocenters. The van der Waals surface area contributed by atoms with Crippen molar-refractivity contribution >= 4 is 55.5 Å². The second-order valence-electron chi connectivity index (χ2n) is 7.03. The molecule has 4 rings (SSSR count). The van der Waals surface area contributed by atoms with E-state index in [1.54, 1.807) is 6.20 Å². The molecular weight excluding hydrogens is 466 g/mol. The molecule has 0 spiro atoms. The Bertz CT molecular complexity index is 1090. The zero-order valence-corrected chi connectivity index (χ0v) is 18.6. The largest absolute Gasteiger partial charge is 0.384 e. The van der Waals surface area contributed by atoms with E-state index in [-0.39, 0.29) is 0 Å². The van der Waals surface area contributed by atoms with Gasteiger partial charge >= 0.3 is 0 Å². The summed E-state index contributed by atoms with van der Waals surface area (Å²) in [5.41, 5.74) is 3.75. The highest BCUT2D eigenvalue weighted by molar-refractivity contribution is 9.10. The average molecular weight is 487 g/mol. The van der Waals surface area contributed by atoms with Crippen LogP contribution in [0.4, 0.5) is 17.1 Å². The smallest absolute Gasteiger partial charge is 0.103 e. The van der Waals surface area contributed by atoms with Crippen LogP contribution >= 0.6 is 27.5 Å². The molecule has 8 heteroatoms. The van der Waals surface area contributed by atoms with Crippen molar-refractivity contribution in [2.75, 3.05) is 50.0 Å². The lowest BCUT2D eigenvalue weighted by molar-refractivity contribution is 0.0398. The molecule has 2 heterocycles. The number of nitrogens with zero attached hydrogens (tertiary/aromatic N) is 3. The molecule has 2 N–H and O–H groups in total. The van der Waals surface area contributed by atoms with E-state index in [1.165, 1.54) is 0 Å². The number of benzene rings is 2. The summed E-state index contributed by atoms with van der Waals surface area (Å²) < 4.78 is 6.27. The van der Waals surface area contributed by atoms with E-state index in [0.717, 1.165) is 66.1 Å². The molecule has 0 aliphatic carbocycles. The summed E-state index contributed by atoms with van der Waals surface area (Å²) in [6.45, 7) is 5.29. The first-order chi connectivity index (χ1) is 14.6. The van der Waals surface area contributed by atoms with Gasteiger partial charge in [-0.25, -0.2) is 0 Å². The third-order valence-electron chi connectivity index (χ3n) is 5.00. The predicted octanol–water partition coefficient (Wildman–Crippen LogP) is 5.01. The maximum atomic E-state index is 9.64. The van der Waals surface area contributed by atoms with Crippen LogP contribution in [0.15, 0.2) is 47.1 Å². The van der Waals surface area contributed by atoms with E-state index >= 15 is 0 Å². The number of fused-ring (bicyclic) bond motifs is 1. The molecule has 3 aromatic rings. The number of nitrogens with one attached hydrogen (secondary N) is 2. The lowest BCUT2D eigenvalue weighted by Crippen LogP contribution is -2.39. The van der Waals surface area contributed by atoms with E-state index in [0.29, 0.717) is 16.3 Å². The van der Waals surface area contributed by atoms with Crippen molar-refractivity contribution in [3.8, 4) is 6.07 Å². The molecule has 0 amide bonds. The number of hydrogen-bond acceptors (Lipinski definition) is 6. The Hall–Kier alpha value is -2.37. The van der Waals surface area contributed by atoms with Crippen molar-refractivity contribution in [2.24, 2.45) is 0 Å². The van der Waals surface area contributed by atoms with Crippen molar-refractivity contribution in [1.29, 1.82) is 5.26 Å². The SMILES string of the molecule is N#Cc1cnc2c(Br)cc(NCCN3CCOCC3)cc2c1Nc1cccc(Cl)c1. The summed E-state index contributed by atoms with van der Waals surface area (Å²) in [6.07, 6.45) is 1.59. The second kappa shape index (κ2) is 9.63. The Labute approximate surface area is 188 Å². The van der Waals surface area contributed by atoms with Crippen LogP contribution in [0.25, 0.3) is 10.9 Å². The molecule has 0 radical (unpaired) electrons. The number of morpholine rings is 1. The van der Waals surface area contributed by atoms with Gasteiger partial charge < -0.3 is 15.4 Å². The third-order valence-corrected chi connectivity index (χ3v) is 5.84. The fraction of sp³-hybridized carbons (Fsp3) is 0.273. The Balaban J connectivity index is 1.63. The van der Waals surface area contributed by atoms with Gasteiger partial charge in [0.15, 0.2) is 0 Å². The summed E-state index contributed by atoms with van der Waals surface area (Å²) in [5, 5.41) is 18.0. The van der Waals surface area contributed by atoms with Crippen LogP contribution in [0.5, 0.6) is 0 Å². The van der Waals surface area contributed by atoms with Crippen molar-refractivity contribution < 1.29 is 4.74 Å². The highest BCUT2D eigenvalue weighted by Crippen LogP contribution is 2.35. The number of anilines is 3. The molecule has 1 aliphatic rings. The van der Waals surface area contributed by atoms with Gasteiger partial charge in [0, 0.05) is 58.6 Å². The van der Waals surface area contributed by atoms with Crippen LogP contribution in [-0.4, -0.2) is 49.3 Å². The second-order valence-corrected chi connectivity index (χ2v) is 8.32. The fourth-order valence-corrected chi connectivity index (χ4v) is 4.23. The minimum absolute atomic E-state index is 0.472. The monoisotopic (exact) mass is 485 g/mol. The first-order valence-electron chi connectivity index (χ1n) is 9.73. The Morgan fingerprint density at radius 3 is 2.80 bits per heavy atom. The maximum absolute atomic E-state index is 9.64. The summed E-state index contributed by atoms with van der Waals surface area (Å²) in [4.78, 5) is 6.86. The number of pyridine rings is 1. The van der Waals surface area contributed by atoms with E-state index < -0.39 is 0 Å². The van der Waals surface area contributed by atoms with Crippen LogP contribution < -0.4 is 10.6 Å². The molecule has 6 nitrogen and oxygen atoms in total. The summed E-state index contributed by atoms with van der Waals surface area (Å²) in [6, 6.07) is 13.7. The highest BCUT2D eigenvalue weighted by Gasteiger charge is 2.14. The lowest BCUT2D eigenvalue weighted by atomic mass is 10.1. The molecule has 0 bridgehead atoms. The molecule has 1 aliphatic heterocycles. The van der Waals surface area contributed by atoms with Gasteiger partial charge in [0.1, 0.15) is 6.07 Å². The predicted molar refractivity (Wildman–Crippen MR) is 125 cm³/mol. The molecule has 1 fully saturated rings. The zero-order valence-electron chi connectivity index (χ0n) is 16.3. The maximum Gasteiger partial charge on any atom is 0.103 e. The van der Waals surface area contributed by atoms with Gasteiger partial charge in [0.05, 0.1) is 30.0 Å². The third kappa shape index (κ3) is 4.85. The number of rotatable bonds is 6. The van der Waals surface area contributed by atoms with Crippen molar-refractivity contribution in [2.45, 2.75) is 0 Å². The van der Waals surface area contributed by atoms with E-state index in [1.807, 2.05) is 36.4 Å². The molecule has 0 atom stereocenters. The van der Waals surface area contributed by atoms with Crippen LogP contribution in [-0.2, 0) is 4.74 Å². The highest BCUT2D eigenvalue weighted by atomic mass is 79.9.